The molecule has 1 aromatic rings. The lowest BCUT2D eigenvalue weighted by Gasteiger charge is -2.23. The highest BCUT2D eigenvalue weighted by Gasteiger charge is 2.13. The Morgan fingerprint density at radius 2 is 2.15 bits per heavy atom. The van der Waals surface area contributed by atoms with Gasteiger partial charge in [0, 0.05) is 11.1 Å². The van der Waals surface area contributed by atoms with Crippen LogP contribution in [-0.2, 0) is 0 Å². The summed E-state index contributed by atoms with van der Waals surface area (Å²) in [5.74, 6) is 1.41. The van der Waals surface area contributed by atoms with Crippen molar-refractivity contribution in [2.45, 2.75) is 51.5 Å². The van der Waals surface area contributed by atoms with Crippen LogP contribution in [0.2, 0.25) is 5.02 Å². The minimum atomic E-state index is 0. The fraction of sp³-hybridized carbons (Fsp3) is 0.625. The molecule has 1 heterocycles. The summed E-state index contributed by atoms with van der Waals surface area (Å²) in [5.41, 5.74) is 1.20. The fourth-order valence-corrected chi connectivity index (χ4v) is 2.76. The lowest BCUT2D eigenvalue weighted by Crippen LogP contribution is -2.35. The molecule has 0 aromatic heterocycles. The maximum absolute atomic E-state index is 6.05. The molecule has 2 nitrogen and oxygen atoms in total. The third-order valence-electron chi connectivity index (χ3n) is 3.73. The van der Waals surface area contributed by atoms with Crippen molar-refractivity contribution in [1.82, 2.24) is 5.32 Å². The van der Waals surface area contributed by atoms with Gasteiger partial charge in [-0.1, -0.05) is 31.9 Å². The van der Waals surface area contributed by atoms with E-state index in [4.69, 9.17) is 16.3 Å². The highest BCUT2D eigenvalue weighted by molar-refractivity contribution is 6.30. The number of rotatable bonds is 5. The second kappa shape index (κ2) is 8.76. The van der Waals surface area contributed by atoms with Crippen LogP contribution in [0.25, 0.3) is 0 Å². The lowest BCUT2D eigenvalue weighted by molar-refractivity contribution is 0.265. The van der Waals surface area contributed by atoms with Gasteiger partial charge in [-0.2, -0.15) is 0 Å². The molecule has 0 amide bonds. The molecule has 1 saturated heterocycles. The molecule has 1 fully saturated rings. The Balaban J connectivity index is 0.00000200. The molecular formula is C16H25Cl2NO. The van der Waals surface area contributed by atoms with E-state index in [2.05, 4.69) is 19.2 Å². The van der Waals surface area contributed by atoms with Crippen molar-refractivity contribution >= 4 is 24.0 Å². The monoisotopic (exact) mass is 317 g/mol. The van der Waals surface area contributed by atoms with Gasteiger partial charge in [0.1, 0.15) is 5.75 Å². The molecule has 1 aliphatic rings. The van der Waals surface area contributed by atoms with Crippen LogP contribution in [0.5, 0.6) is 5.75 Å². The molecule has 2 rings (SSSR count). The number of piperidine rings is 1. The van der Waals surface area contributed by atoms with Gasteiger partial charge in [-0.25, -0.2) is 0 Å². The summed E-state index contributed by atoms with van der Waals surface area (Å²) in [6, 6.07) is 6.54. The molecule has 1 aliphatic heterocycles. The summed E-state index contributed by atoms with van der Waals surface area (Å²) in [5, 5.41) is 4.33. The Morgan fingerprint density at radius 1 is 1.35 bits per heavy atom. The predicted octanol–water partition coefficient (Wildman–Crippen LogP) is 4.80. The largest absolute Gasteiger partial charge is 0.493 e. The predicted molar refractivity (Wildman–Crippen MR) is 88.5 cm³/mol. The molecule has 20 heavy (non-hydrogen) atoms. The van der Waals surface area contributed by atoms with Crippen molar-refractivity contribution in [3.05, 3.63) is 28.8 Å². The zero-order valence-electron chi connectivity index (χ0n) is 12.3. The highest BCUT2D eigenvalue weighted by Crippen LogP contribution is 2.29. The third kappa shape index (κ3) is 5.16. The first-order chi connectivity index (χ1) is 9.16. The molecule has 0 aliphatic carbocycles. The van der Waals surface area contributed by atoms with E-state index in [0.29, 0.717) is 12.0 Å². The number of hydrogen-bond donors (Lipinski definition) is 1. The minimum Gasteiger partial charge on any atom is -0.493 e. The SMILES string of the molecule is CC(C)c1cc(Cl)ccc1OCCC1CCCCN1.Cl. The molecule has 1 N–H and O–H groups in total. The van der Waals surface area contributed by atoms with Crippen LogP contribution >= 0.6 is 24.0 Å². The van der Waals surface area contributed by atoms with E-state index >= 15 is 0 Å². The van der Waals surface area contributed by atoms with E-state index in [1.54, 1.807) is 0 Å². The molecule has 114 valence electrons. The van der Waals surface area contributed by atoms with Gasteiger partial charge < -0.3 is 10.1 Å². The molecule has 1 unspecified atom stereocenters. The topological polar surface area (TPSA) is 21.3 Å². The number of ether oxygens (including phenoxy) is 1. The van der Waals surface area contributed by atoms with Crippen molar-refractivity contribution in [1.29, 1.82) is 0 Å². The summed E-state index contributed by atoms with van der Waals surface area (Å²) >= 11 is 6.05. The van der Waals surface area contributed by atoms with Crippen LogP contribution in [-0.4, -0.2) is 19.2 Å². The smallest absolute Gasteiger partial charge is 0.122 e. The first-order valence-electron chi connectivity index (χ1n) is 7.32. The van der Waals surface area contributed by atoms with Crippen LogP contribution in [0.1, 0.15) is 51.0 Å². The van der Waals surface area contributed by atoms with Gasteiger partial charge in [0.25, 0.3) is 0 Å². The van der Waals surface area contributed by atoms with Crippen molar-refractivity contribution in [2.75, 3.05) is 13.2 Å². The molecule has 0 radical (unpaired) electrons. The van der Waals surface area contributed by atoms with E-state index in [-0.39, 0.29) is 12.4 Å². The Kier molecular flexibility index (Phi) is 7.71. The Labute approximate surface area is 133 Å². The van der Waals surface area contributed by atoms with Crippen molar-refractivity contribution in [3.8, 4) is 5.75 Å². The van der Waals surface area contributed by atoms with Crippen LogP contribution in [0.15, 0.2) is 18.2 Å². The number of halogens is 2. The van der Waals surface area contributed by atoms with Gasteiger partial charge in [-0.3, -0.25) is 0 Å². The van der Waals surface area contributed by atoms with Gasteiger partial charge in [-0.05, 0) is 55.5 Å². The van der Waals surface area contributed by atoms with Gasteiger partial charge in [0.15, 0.2) is 0 Å². The summed E-state index contributed by atoms with van der Waals surface area (Å²) in [6.45, 7) is 6.27. The van der Waals surface area contributed by atoms with E-state index in [1.807, 2.05) is 18.2 Å². The summed E-state index contributed by atoms with van der Waals surface area (Å²) in [4.78, 5) is 0. The zero-order chi connectivity index (χ0) is 13.7. The first-order valence-corrected chi connectivity index (χ1v) is 7.70. The van der Waals surface area contributed by atoms with E-state index in [0.717, 1.165) is 30.3 Å². The van der Waals surface area contributed by atoms with Crippen molar-refractivity contribution < 1.29 is 4.74 Å². The van der Waals surface area contributed by atoms with Crippen LogP contribution in [0.3, 0.4) is 0 Å². The van der Waals surface area contributed by atoms with Crippen LogP contribution in [0, 0.1) is 0 Å². The maximum Gasteiger partial charge on any atom is 0.122 e. The molecule has 1 aromatic carbocycles. The number of hydrogen-bond acceptors (Lipinski definition) is 2. The van der Waals surface area contributed by atoms with Gasteiger partial charge in [0.2, 0.25) is 0 Å². The quantitative estimate of drug-likeness (QED) is 0.842. The summed E-state index contributed by atoms with van der Waals surface area (Å²) in [6.07, 6.45) is 5.02. The molecule has 0 spiro atoms. The second-order valence-corrected chi connectivity index (χ2v) is 6.06. The van der Waals surface area contributed by atoms with Crippen molar-refractivity contribution in [3.63, 3.8) is 0 Å². The Hall–Kier alpha value is -0.440. The molecule has 1 atom stereocenters. The van der Waals surface area contributed by atoms with Gasteiger partial charge >= 0.3 is 0 Å². The number of benzene rings is 1. The lowest BCUT2D eigenvalue weighted by atomic mass is 10.0. The fourth-order valence-electron chi connectivity index (χ4n) is 2.58. The Morgan fingerprint density at radius 3 is 2.80 bits per heavy atom. The molecule has 4 heteroatoms. The average Bonchev–Trinajstić information content (AvgIpc) is 2.41. The number of nitrogens with one attached hydrogen (secondary N) is 1. The van der Waals surface area contributed by atoms with Crippen LogP contribution in [0.4, 0.5) is 0 Å². The molecular weight excluding hydrogens is 293 g/mol. The maximum atomic E-state index is 6.05. The standard InChI is InChI=1S/C16H24ClNO.ClH/c1-12(2)15-11-13(17)6-7-16(15)19-10-8-14-5-3-4-9-18-14;/h6-7,11-12,14,18H,3-5,8-10H2,1-2H3;1H. The second-order valence-electron chi connectivity index (χ2n) is 5.62. The zero-order valence-corrected chi connectivity index (χ0v) is 13.9. The van der Waals surface area contributed by atoms with Crippen molar-refractivity contribution in [2.24, 2.45) is 0 Å². The molecule has 0 saturated carbocycles. The first kappa shape index (κ1) is 17.6. The van der Waals surface area contributed by atoms with Gasteiger partial charge in [-0.15, -0.1) is 12.4 Å². The van der Waals surface area contributed by atoms with Gasteiger partial charge in [0.05, 0.1) is 6.61 Å². The third-order valence-corrected chi connectivity index (χ3v) is 3.97. The normalized spacial score (nSPS) is 18.7. The highest BCUT2D eigenvalue weighted by atomic mass is 35.5. The molecule has 0 bridgehead atoms. The average molecular weight is 318 g/mol. The van der Waals surface area contributed by atoms with Crippen LogP contribution < -0.4 is 10.1 Å². The van der Waals surface area contributed by atoms with E-state index < -0.39 is 0 Å². The minimum absolute atomic E-state index is 0. The summed E-state index contributed by atoms with van der Waals surface area (Å²) < 4.78 is 5.96. The van der Waals surface area contributed by atoms with E-state index in [9.17, 15) is 0 Å². The summed E-state index contributed by atoms with van der Waals surface area (Å²) in [7, 11) is 0. The Bertz CT molecular complexity index is 403. The van der Waals surface area contributed by atoms with E-state index in [1.165, 1.54) is 24.8 Å².